The molecule has 3 aromatic rings. The van der Waals surface area contributed by atoms with E-state index >= 15 is 0 Å². The number of aryl methyl sites for hydroxylation is 2. The molecule has 1 fully saturated rings. The maximum Gasteiger partial charge on any atom is 0.222 e. The summed E-state index contributed by atoms with van der Waals surface area (Å²) in [5.41, 5.74) is 2.96. The first kappa shape index (κ1) is 16.8. The molecule has 7 heteroatoms. The lowest BCUT2D eigenvalue weighted by molar-refractivity contribution is -0.123. The molecule has 0 aliphatic heterocycles. The molecular weight excluding hydrogens is 330 g/mol. The SMILES string of the molecule is Cn1cc([C@H](NC(=O)CCn2cnc3ccccc32)C2CC(O)C2)cn1. The van der Waals surface area contributed by atoms with Crippen LogP contribution in [0.4, 0.5) is 0 Å². The minimum Gasteiger partial charge on any atom is -0.393 e. The zero-order chi connectivity index (χ0) is 18.1. The molecule has 7 nitrogen and oxygen atoms in total. The molecule has 0 spiro atoms. The fourth-order valence-corrected chi connectivity index (χ4v) is 3.63. The number of nitrogens with one attached hydrogen (secondary N) is 1. The molecule has 0 bridgehead atoms. The number of benzene rings is 1. The lowest BCUT2D eigenvalue weighted by Gasteiger charge is -2.37. The zero-order valence-electron chi connectivity index (χ0n) is 14.7. The molecule has 0 radical (unpaired) electrons. The van der Waals surface area contributed by atoms with Gasteiger partial charge in [-0.05, 0) is 30.9 Å². The van der Waals surface area contributed by atoms with E-state index in [0.29, 0.717) is 25.8 Å². The molecule has 26 heavy (non-hydrogen) atoms. The number of nitrogens with zero attached hydrogens (tertiary/aromatic N) is 4. The van der Waals surface area contributed by atoms with Gasteiger partial charge in [0.25, 0.3) is 0 Å². The third-order valence-corrected chi connectivity index (χ3v) is 5.13. The number of aliphatic hydroxyl groups excluding tert-OH is 1. The van der Waals surface area contributed by atoms with Gasteiger partial charge in [-0.25, -0.2) is 4.98 Å². The van der Waals surface area contributed by atoms with Crippen molar-refractivity contribution in [2.45, 2.75) is 38.0 Å². The summed E-state index contributed by atoms with van der Waals surface area (Å²) in [6, 6.07) is 7.80. The maximum atomic E-state index is 12.6. The number of para-hydroxylation sites is 2. The van der Waals surface area contributed by atoms with Crippen molar-refractivity contribution in [1.29, 1.82) is 0 Å². The topological polar surface area (TPSA) is 85.0 Å². The van der Waals surface area contributed by atoms with Crippen LogP contribution in [0.15, 0.2) is 43.0 Å². The number of carbonyl (C=O) groups is 1. The van der Waals surface area contributed by atoms with E-state index in [-0.39, 0.29) is 24.0 Å². The summed E-state index contributed by atoms with van der Waals surface area (Å²) >= 11 is 0. The van der Waals surface area contributed by atoms with E-state index in [1.165, 1.54) is 0 Å². The summed E-state index contributed by atoms with van der Waals surface area (Å²) in [6.45, 7) is 0.583. The van der Waals surface area contributed by atoms with E-state index in [9.17, 15) is 9.90 Å². The van der Waals surface area contributed by atoms with Crippen molar-refractivity contribution in [2.24, 2.45) is 13.0 Å². The van der Waals surface area contributed by atoms with Gasteiger partial charge in [-0.3, -0.25) is 9.48 Å². The third kappa shape index (κ3) is 3.35. The summed E-state index contributed by atoms with van der Waals surface area (Å²) < 4.78 is 3.74. The van der Waals surface area contributed by atoms with Crippen LogP contribution in [0, 0.1) is 5.92 Å². The average Bonchev–Trinajstić information content (AvgIpc) is 3.22. The molecule has 4 rings (SSSR count). The number of carbonyl (C=O) groups excluding carboxylic acids is 1. The van der Waals surface area contributed by atoms with Crippen molar-refractivity contribution in [3.8, 4) is 0 Å². The first-order valence-corrected chi connectivity index (χ1v) is 8.96. The second kappa shape index (κ2) is 6.92. The molecule has 1 aliphatic rings. The number of amides is 1. The highest BCUT2D eigenvalue weighted by Gasteiger charge is 2.36. The van der Waals surface area contributed by atoms with Crippen molar-refractivity contribution >= 4 is 16.9 Å². The molecule has 136 valence electrons. The maximum absolute atomic E-state index is 12.6. The van der Waals surface area contributed by atoms with Gasteiger partial charge in [0.05, 0.1) is 35.7 Å². The molecule has 1 aromatic carbocycles. The van der Waals surface area contributed by atoms with Crippen molar-refractivity contribution in [2.75, 3.05) is 0 Å². The highest BCUT2D eigenvalue weighted by Crippen LogP contribution is 2.38. The fourth-order valence-electron chi connectivity index (χ4n) is 3.63. The van der Waals surface area contributed by atoms with Gasteiger partial charge in [0.15, 0.2) is 0 Å². The summed E-state index contributed by atoms with van der Waals surface area (Å²) in [5, 5.41) is 17.0. The predicted molar refractivity (Wildman–Crippen MR) is 97.2 cm³/mol. The Morgan fingerprint density at radius 2 is 2.19 bits per heavy atom. The van der Waals surface area contributed by atoms with Crippen LogP contribution in [0.2, 0.25) is 0 Å². The van der Waals surface area contributed by atoms with Crippen molar-refractivity contribution < 1.29 is 9.90 Å². The van der Waals surface area contributed by atoms with Crippen molar-refractivity contribution in [3.63, 3.8) is 0 Å². The van der Waals surface area contributed by atoms with Crippen LogP contribution in [0.25, 0.3) is 11.0 Å². The van der Waals surface area contributed by atoms with Gasteiger partial charge in [0.2, 0.25) is 5.91 Å². The molecule has 1 atom stereocenters. The molecule has 1 aliphatic carbocycles. The Balaban J connectivity index is 1.41. The van der Waals surface area contributed by atoms with E-state index in [1.807, 2.05) is 42.1 Å². The lowest BCUT2D eigenvalue weighted by Crippen LogP contribution is -2.41. The number of hydrogen-bond acceptors (Lipinski definition) is 4. The van der Waals surface area contributed by atoms with Crippen LogP contribution >= 0.6 is 0 Å². The van der Waals surface area contributed by atoms with Crippen molar-refractivity contribution in [1.82, 2.24) is 24.6 Å². The van der Waals surface area contributed by atoms with E-state index in [0.717, 1.165) is 16.6 Å². The van der Waals surface area contributed by atoms with Gasteiger partial charge < -0.3 is 15.0 Å². The Morgan fingerprint density at radius 3 is 2.92 bits per heavy atom. The smallest absolute Gasteiger partial charge is 0.222 e. The highest BCUT2D eigenvalue weighted by molar-refractivity contribution is 5.77. The van der Waals surface area contributed by atoms with Crippen LogP contribution in [-0.4, -0.2) is 36.4 Å². The molecule has 1 saturated carbocycles. The third-order valence-electron chi connectivity index (χ3n) is 5.13. The van der Waals surface area contributed by atoms with E-state index in [4.69, 9.17) is 0 Å². The second-order valence-electron chi connectivity index (χ2n) is 7.05. The Kier molecular flexibility index (Phi) is 4.46. The molecule has 1 amide bonds. The van der Waals surface area contributed by atoms with E-state index < -0.39 is 0 Å². The number of fused-ring (bicyclic) bond motifs is 1. The number of aliphatic hydroxyl groups is 1. The first-order chi connectivity index (χ1) is 12.6. The Labute approximate surface area is 151 Å². The highest BCUT2D eigenvalue weighted by atomic mass is 16.3. The minimum absolute atomic E-state index is 0.00183. The molecule has 2 aromatic heterocycles. The van der Waals surface area contributed by atoms with Gasteiger partial charge in [0.1, 0.15) is 0 Å². The monoisotopic (exact) mass is 353 g/mol. The molecule has 2 N–H and O–H groups in total. The molecule has 2 heterocycles. The quantitative estimate of drug-likeness (QED) is 0.707. The van der Waals surface area contributed by atoms with Crippen LogP contribution in [0.5, 0.6) is 0 Å². The average molecular weight is 353 g/mol. The Hall–Kier alpha value is -2.67. The number of rotatable bonds is 6. The Bertz CT molecular complexity index is 909. The number of aromatic nitrogens is 4. The van der Waals surface area contributed by atoms with Crippen LogP contribution in [0.3, 0.4) is 0 Å². The predicted octanol–water partition coefficient (Wildman–Crippen LogP) is 1.79. The van der Waals surface area contributed by atoms with E-state index in [2.05, 4.69) is 15.4 Å². The molecule has 0 saturated heterocycles. The van der Waals surface area contributed by atoms with Crippen LogP contribution < -0.4 is 5.32 Å². The molecule has 0 unspecified atom stereocenters. The Morgan fingerprint density at radius 1 is 1.38 bits per heavy atom. The van der Waals surface area contributed by atoms with Crippen LogP contribution in [-0.2, 0) is 18.4 Å². The number of hydrogen-bond donors (Lipinski definition) is 2. The summed E-state index contributed by atoms with van der Waals surface area (Å²) in [5.74, 6) is 0.255. The fraction of sp³-hybridized carbons (Fsp3) is 0.421. The zero-order valence-corrected chi connectivity index (χ0v) is 14.7. The summed E-state index contributed by atoms with van der Waals surface area (Å²) in [7, 11) is 1.86. The standard InChI is InChI=1S/C19H23N5O2/c1-23-11-14(10-21-23)19(13-8-15(25)9-13)22-18(26)6-7-24-12-20-16-4-2-3-5-17(16)24/h2-5,10-13,15,19,25H,6-9H2,1H3,(H,22,26)/t13?,15?,19-/m1/s1. The van der Waals surface area contributed by atoms with Gasteiger partial charge in [-0.15, -0.1) is 0 Å². The van der Waals surface area contributed by atoms with E-state index in [1.54, 1.807) is 17.2 Å². The molecular formula is C19H23N5O2. The minimum atomic E-state index is -0.256. The van der Waals surface area contributed by atoms with Gasteiger partial charge in [-0.2, -0.15) is 5.10 Å². The summed E-state index contributed by atoms with van der Waals surface area (Å²) in [4.78, 5) is 16.9. The van der Waals surface area contributed by atoms with Gasteiger partial charge in [0, 0.05) is 31.8 Å². The van der Waals surface area contributed by atoms with Gasteiger partial charge in [-0.1, -0.05) is 12.1 Å². The van der Waals surface area contributed by atoms with Gasteiger partial charge >= 0.3 is 0 Å². The largest absolute Gasteiger partial charge is 0.393 e. The van der Waals surface area contributed by atoms with Crippen molar-refractivity contribution in [3.05, 3.63) is 48.5 Å². The second-order valence-corrected chi connectivity index (χ2v) is 7.05. The lowest BCUT2D eigenvalue weighted by atomic mass is 9.75. The normalized spacial score (nSPS) is 20.7. The first-order valence-electron chi connectivity index (χ1n) is 8.96. The van der Waals surface area contributed by atoms with Crippen LogP contribution in [0.1, 0.15) is 30.9 Å². The number of imidazole rings is 1. The summed E-state index contributed by atoms with van der Waals surface area (Å²) in [6.07, 6.45) is 7.05.